The smallest absolute Gasteiger partial charge is 0.355 e. The molecule has 0 fully saturated rings. The van der Waals surface area contributed by atoms with Crippen molar-refractivity contribution in [1.82, 2.24) is 4.57 Å². The molecule has 1 aromatic rings. The zero-order valence-electron chi connectivity index (χ0n) is 13.3. The van der Waals surface area contributed by atoms with Crippen molar-refractivity contribution < 1.29 is 23.8 Å². The monoisotopic (exact) mass is 297 g/mol. The zero-order chi connectivity index (χ0) is 16.0. The van der Waals surface area contributed by atoms with Crippen LogP contribution in [-0.2, 0) is 20.8 Å². The molecule has 0 aliphatic carbocycles. The van der Waals surface area contributed by atoms with Gasteiger partial charge in [-0.15, -0.1) is 0 Å². The zero-order valence-corrected chi connectivity index (χ0v) is 13.3. The minimum absolute atomic E-state index is 0.279. The Kier molecular flexibility index (Phi) is 6.42. The number of carbonyl (C=O) groups is 2. The Hall–Kier alpha value is -1.82. The third-order valence-electron chi connectivity index (χ3n) is 3.23. The molecule has 0 saturated heterocycles. The number of rotatable bonds is 7. The molecule has 21 heavy (non-hydrogen) atoms. The van der Waals surface area contributed by atoms with Crippen molar-refractivity contribution >= 4 is 11.9 Å². The Labute approximate surface area is 125 Å². The number of carbonyl (C=O) groups excluding carboxylic acids is 2. The van der Waals surface area contributed by atoms with Crippen LogP contribution < -0.4 is 0 Å². The van der Waals surface area contributed by atoms with E-state index in [2.05, 4.69) is 0 Å². The van der Waals surface area contributed by atoms with Crippen LogP contribution in [0.1, 0.15) is 46.0 Å². The molecule has 118 valence electrons. The summed E-state index contributed by atoms with van der Waals surface area (Å²) >= 11 is 0. The van der Waals surface area contributed by atoms with Gasteiger partial charge in [-0.3, -0.25) is 0 Å². The summed E-state index contributed by atoms with van der Waals surface area (Å²) in [6.45, 7) is 8.48. The average molecular weight is 297 g/mol. The minimum atomic E-state index is -0.440. The second kappa shape index (κ2) is 7.83. The number of nitrogens with zero attached hydrogens (tertiary/aromatic N) is 1. The largest absolute Gasteiger partial charge is 0.462 e. The van der Waals surface area contributed by atoms with E-state index < -0.39 is 11.9 Å². The lowest BCUT2D eigenvalue weighted by atomic mass is 10.1. The molecule has 0 N–H and O–H groups in total. The quantitative estimate of drug-likeness (QED) is 0.721. The van der Waals surface area contributed by atoms with Gasteiger partial charge in [-0.25, -0.2) is 9.59 Å². The maximum atomic E-state index is 12.2. The van der Waals surface area contributed by atoms with E-state index in [1.165, 1.54) is 0 Å². The van der Waals surface area contributed by atoms with Crippen LogP contribution in [-0.4, -0.2) is 43.4 Å². The van der Waals surface area contributed by atoms with E-state index in [1.807, 2.05) is 0 Å². The van der Waals surface area contributed by atoms with Gasteiger partial charge in [-0.05, 0) is 33.3 Å². The van der Waals surface area contributed by atoms with Crippen LogP contribution in [0.3, 0.4) is 0 Å². The molecule has 6 nitrogen and oxygen atoms in total. The van der Waals surface area contributed by atoms with E-state index in [4.69, 9.17) is 14.2 Å². The van der Waals surface area contributed by atoms with Crippen LogP contribution in [0.25, 0.3) is 0 Å². The van der Waals surface area contributed by atoms with Gasteiger partial charge >= 0.3 is 11.9 Å². The van der Waals surface area contributed by atoms with E-state index in [0.29, 0.717) is 35.7 Å². The second-order valence-corrected chi connectivity index (χ2v) is 4.52. The first-order valence-corrected chi connectivity index (χ1v) is 7.02. The Morgan fingerprint density at radius 3 is 2.14 bits per heavy atom. The average Bonchev–Trinajstić information content (AvgIpc) is 2.68. The SMILES string of the molecule is CCOC(=O)c1c(C)c(C(=O)OCC)n(CCOC)c1C. The third kappa shape index (κ3) is 3.64. The van der Waals surface area contributed by atoms with E-state index in [9.17, 15) is 9.59 Å². The van der Waals surface area contributed by atoms with Gasteiger partial charge in [0.1, 0.15) is 5.69 Å². The molecule has 0 unspecified atom stereocenters. The second-order valence-electron chi connectivity index (χ2n) is 4.52. The molecule has 0 saturated carbocycles. The van der Waals surface area contributed by atoms with Crippen LogP contribution in [0.4, 0.5) is 0 Å². The highest BCUT2D eigenvalue weighted by Crippen LogP contribution is 2.24. The van der Waals surface area contributed by atoms with Crippen LogP contribution >= 0.6 is 0 Å². The number of ether oxygens (including phenoxy) is 3. The van der Waals surface area contributed by atoms with Crippen LogP contribution in [0.5, 0.6) is 0 Å². The summed E-state index contributed by atoms with van der Waals surface area (Å²) in [7, 11) is 1.59. The normalized spacial score (nSPS) is 10.5. The first kappa shape index (κ1) is 17.2. The lowest BCUT2D eigenvalue weighted by Crippen LogP contribution is -2.16. The number of methoxy groups -OCH3 is 1. The molecule has 0 aromatic carbocycles. The summed E-state index contributed by atoms with van der Waals surface area (Å²) in [5.41, 5.74) is 2.08. The Balaban J connectivity index is 3.34. The van der Waals surface area contributed by atoms with Gasteiger partial charge in [0.2, 0.25) is 0 Å². The van der Waals surface area contributed by atoms with Gasteiger partial charge in [-0.1, -0.05) is 0 Å². The fourth-order valence-corrected chi connectivity index (χ4v) is 2.32. The van der Waals surface area contributed by atoms with Crippen LogP contribution in [0.15, 0.2) is 0 Å². The molecule has 1 rings (SSSR count). The molecule has 0 radical (unpaired) electrons. The fraction of sp³-hybridized carbons (Fsp3) is 0.600. The van der Waals surface area contributed by atoms with Crippen LogP contribution in [0, 0.1) is 13.8 Å². The fourth-order valence-electron chi connectivity index (χ4n) is 2.32. The van der Waals surface area contributed by atoms with Crippen molar-refractivity contribution in [2.24, 2.45) is 0 Å². The molecule has 6 heteroatoms. The number of hydrogen-bond donors (Lipinski definition) is 0. The van der Waals surface area contributed by atoms with Crippen molar-refractivity contribution in [3.63, 3.8) is 0 Å². The highest BCUT2D eigenvalue weighted by Gasteiger charge is 2.27. The van der Waals surface area contributed by atoms with Gasteiger partial charge in [-0.2, -0.15) is 0 Å². The molecule has 1 aromatic heterocycles. The summed E-state index contributed by atoms with van der Waals surface area (Å²) in [5.74, 6) is -0.862. The highest BCUT2D eigenvalue weighted by atomic mass is 16.5. The summed E-state index contributed by atoms with van der Waals surface area (Å²) in [4.78, 5) is 24.2. The summed E-state index contributed by atoms with van der Waals surface area (Å²) < 4.78 is 17.0. The van der Waals surface area contributed by atoms with Crippen LogP contribution in [0.2, 0.25) is 0 Å². The predicted molar refractivity (Wildman–Crippen MR) is 77.7 cm³/mol. The van der Waals surface area contributed by atoms with Crippen molar-refractivity contribution in [1.29, 1.82) is 0 Å². The van der Waals surface area contributed by atoms with Gasteiger partial charge in [0.05, 0.1) is 25.4 Å². The lowest BCUT2D eigenvalue weighted by molar-refractivity contribution is 0.0508. The predicted octanol–water partition coefficient (Wildman–Crippen LogP) is 2.10. The van der Waals surface area contributed by atoms with E-state index in [0.717, 1.165) is 0 Å². The van der Waals surface area contributed by atoms with Crippen molar-refractivity contribution in [2.45, 2.75) is 34.2 Å². The molecule has 0 amide bonds. The molecule has 0 bridgehead atoms. The summed E-state index contributed by atoms with van der Waals surface area (Å²) in [6, 6.07) is 0. The standard InChI is InChI=1S/C15H23NO5/c1-6-20-14(17)12-10(3)13(15(18)21-7-2)16(11(12)4)8-9-19-5/h6-9H2,1-5H3. The van der Waals surface area contributed by atoms with Crippen molar-refractivity contribution in [3.05, 3.63) is 22.5 Å². The molecular formula is C15H23NO5. The third-order valence-corrected chi connectivity index (χ3v) is 3.23. The Morgan fingerprint density at radius 2 is 1.62 bits per heavy atom. The van der Waals surface area contributed by atoms with E-state index in [-0.39, 0.29) is 13.2 Å². The first-order valence-electron chi connectivity index (χ1n) is 7.02. The maximum absolute atomic E-state index is 12.2. The van der Waals surface area contributed by atoms with E-state index >= 15 is 0 Å². The highest BCUT2D eigenvalue weighted by molar-refractivity contribution is 5.99. The van der Waals surface area contributed by atoms with Gasteiger partial charge in [0, 0.05) is 19.3 Å². The maximum Gasteiger partial charge on any atom is 0.355 e. The molecule has 0 atom stereocenters. The van der Waals surface area contributed by atoms with E-state index in [1.54, 1.807) is 39.4 Å². The topological polar surface area (TPSA) is 66.8 Å². The first-order chi connectivity index (χ1) is 9.99. The minimum Gasteiger partial charge on any atom is -0.462 e. The van der Waals surface area contributed by atoms with Crippen molar-refractivity contribution in [2.75, 3.05) is 26.9 Å². The molecule has 0 spiro atoms. The van der Waals surface area contributed by atoms with Crippen molar-refractivity contribution in [3.8, 4) is 0 Å². The molecular weight excluding hydrogens is 274 g/mol. The number of esters is 2. The Bertz CT molecular complexity index is 519. The van der Waals surface area contributed by atoms with Gasteiger partial charge in [0.25, 0.3) is 0 Å². The number of aromatic nitrogens is 1. The lowest BCUT2D eigenvalue weighted by Gasteiger charge is -2.10. The van der Waals surface area contributed by atoms with Gasteiger partial charge in [0.15, 0.2) is 0 Å². The van der Waals surface area contributed by atoms with Gasteiger partial charge < -0.3 is 18.8 Å². The molecule has 0 aliphatic rings. The molecule has 1 heterocycles. The molecule has 0 aliphatic heterocycles. The number of hydrogen-bond acceptors (Lipinski definition) is 5. The summed E-state index contributed by atoms with van der Waals surface area (Å²) in [5, 5.41) is 0. The Morgan fingerprint density at radius 1 is 1.05 bits per heavy atom. The summed E-state index contributed by atoms with van der Waals surface area (Å²) in [6.07, 6.45) is 0.